The van der Waals surface area contributed by atoms with Gasteiger partial charge in [-0.3, -0.25) is 0 Å². The van der Waals surface area contributed by atoms with Crippen molar-refractivity contribution in [3.63, 3.8) is 0 Å². The molecule has 1 aliphatic heterocycles. The fourth-order valence-electron chi connectivity index (χ4n) is 2.53. The number of hydrogen-bond acceptors (Lipinski definition) is 5. The third kappa shape index (κ3) is 10.1. The molecule has 31 heavy (non-hydrogen) atoms. The van der Waals surface area contributed by atoms with Gasteiger partial charge in [0.2, 0.25) is 0 Å². The van der Waals surface area contributed by atoms with Crippen molar-refractivity contribution in [3.05, 3.63) is 68.1 Å². The lowest BCUT2D eigenvalue weighted by molar-refractivity contribution is 0.156. The van der Waals surface area contributed by atoms with Gasteiger partial charge in [-0.1, -0.05) is 31.9 Å². The van der Waals surface area contributed by atoms with Crippen molar-refractivity contribution in [2.45, 2.75) is 40.0 Å². The predicted molar refractivity (Wildman–Crippen MR) is 123 cm³/mol. The fourth-order valence-corrected chi connectivity index (χ4v) is 3.25. The molecular formula is C20H24B2Br2F2O5. The Kier molecular flexibility index (Phi) is 11.7. The van der Waals surface area contributed by atoms with Crippen LogP contribution in [0.1, 0.15) is 25.0 Å². The van der Waals surface area contributed by atoms with E-state index in [1.165, 1.54) is 24.3 Å². The molecule has 0 radical (unpaired) electrons. The normalized spacial score (nSPS) is 13.4. The van der Waals surface area contributed by atoms with Crippen molar-refractivity contribution in [2.24, 2.45) is 0 Å². The third-order valence-corrected chi connectivity index (χ3v) is 5.47. The molecule has 0 unspecified atom stereocenters. The Morgan fingerprint density at radius 2 is 1.48 bits per heavy atom. The van der Waals surface area contributed by atoms with E-state index >= 15 is 0 Å². The quantitative estimate of drug-likeness (QED) is 0.381. The molecular weight excluding hydrogens is 540 g/mol. The van der Waals surface area contributed by atoms with Crippen LogP contribution in [-0.2, 0) is 36.5 Å². The Balaban J connectivity index is 0.000000220. The zero-order valence-electron chi connectivity index (χ0n) is 17.6. The van der Waals surface area contributed by atoms with Crippen LogP contribution in [-0.4, -0.2) is 33.8 Å². The van der Waals surface area contributed by atoms with Gasteiger partial charge in [-0.25, -0.2) is 8.78 Å². The highest BCUT2D eigenvalue weighted by atomic mass is 79.9. The smallest absolute Gasteiger partial charge is 0.409 e. The van der Waals surface area contributed by atoms with E-state index in [0.29, 0.717) is 19.8 Å². The molecule has 0 N–H and O–H groups in total. The minimum absolute atomic E-state index is 0.117. The first-order valence-corrected chi connectivity index (χ1v) is 11.3. The van der Waals surface area contributed by atoms with Crippen molar-refractivity contribution in [1.82, 2.24) is 0 Å². The molecule has 1 aliphatic rings. The predicted octanol–water partition coefficient (Wildman–Crippen LogP) is 5.78. The van der Waals surface area contributed by atoms with Gasteiger partial charge in [0.05, 0.1) is 26.4 Å². The van der Waals surface area contributed by atoms with Crippen LogP contribution in [0.3, 0.4) is 0 Å². The van der Waals surface area contributed by atoms with E-state index in [9.17, 15) is 8.78 Å². The van der Waals surface area contributed by atoms with E-state index in [1.807, 2.05) is 20.7 Å². The van der Waals surface area contributed by atoms with Gasteiger partial charge in [0.1, 0.15) is 11.6 Å². The maximum Gasteiger partial charge on any atom is 0.639 e. The Morgan fingerprint density at radius 1 is 0.968 bits per heavy atom. The average molecular weight is 564 g/mol. The van der Waals surface area contributed by atoms with Crippen LogP contribution < -0.4 is 0 Å². The van der Waals surface area contributed by atoms with Crippen LogP contribution in [0.25, 0.3) is 0 Å². The molecule has 1 saturated heterocycles. The van der Waals surface area contributed by atoms with E-state index in [2.05, 4.69) is 31.9 Å². The highest BCUT2D eigenvalue weighted by Gasteiger charge is 2.26. The lowest BCUT2D eigenvalue weighted by Gasteiger charge is -2.14. The summed E-state index contributed by atoms with van der Waals surface area (Å²) in [4.78, 5) is 0. The van der Waals surface area contributed by atoms with Crippen LogP contribution in [0, 0.1) is 11.6 Å². The van der Waals surface area contributed by atoms with E-state index in [1.54, 1.807) is 12.1 Å². The lowest BCUT2D eigenvalue weighted by atomic mass is 9.94. The van der Waals surface area contributed by atoms with Crippen LogP contribution in [0.15, 0.2) is 45.3 Å². The highest BCUT2D eigenvalue weighted by molar-refractivity contribution is 9.10. The second kappa shape index (κ2) is 13.7. The Labute approximate surface area is 199 Å². The number of rotatable bonds is 8. The SMILES string of the molecule is CB(OCc1cc(F)ccc1Br)OC(C)C.Fc1ccc(Br)c(COB2OCCO2)c1. The first-order valence-electron chi connectivity index (χ1n) is 9.74. The van der Waals surface area contributed by atoms with Gasteiger partial charge in [-0.15, -0.1) is 0 Å². The molecule has 1 fully saturated rings. The van der Waals surface area contributed by atoms with Gasteiger partial charge in [-0.2, -0.15) is 0 Å². The highest BCUT2D eigenvalue weighted by Crippen LogP contribution is 2.20. The van der Waals surface area contributed by atoms with Crippen LogP contribution in [0.5, 0.6) is 0 Å². The molecule has 2 aromatic rings. The van der Waals surface area contributed by atoms with E-state index in [4.69, 9.17) is 23.3 Å². The molecule has 0 bridgehead atoms. The minimum atomic E-state index is -0.625. The van der Waals surface area contributed by atoms with E-state index in [-0.39, 0.29) is 31.5 Å². The second-order valence-corrected chi connectivity index (χ2v) is 8.58. The van der Waals surface area contributed by atoms with Crippen LogP contribution >= 0.6 is 31.9 Å². The molecule has 0 spiro atoms. The zero-order valence-corrected chi connectivity index (χ0v) is 20.7. The van der Waals surface area contributed by atoms with Crippen molar-refractivity contribution in [3.8, 4) is 0 Å². The van der Waals surface area contributed by atoms with Crippen molar-refractivity contribution >= 4 is 46.3 Å². The van der Waals surface area contributed by atoms with E-state index < -0.39 is 7.32 Å². The molecule has 3 rings (SSSR count). The number of benzene rings is 2. The second-order valence-electron chi connectivity index (χ2n) is 6.88. The van der Waals surface area contributed by atoms with Gasteiger partial charge in [-0.05, 0) is 68.2 Å². The topological polar surface area (TPSA) is 46.2 Å². The van der Waals surface area contributed by atoms with Crippen LogP contribution in [0.4, 0.5) is 8.78 Å². The molecule has 2 aromatic carbocycles. The molecule has 0 atom stereocenters. The largest absolute Gasteiger partial charge is 0.639 e. The van der Waals surface area contributed by atoms with Crippen molar-refractivity contribution in [1.29, 1.82) is 0 Å². The van der Waals surface area contributed by atoms with Gasteiger partial charge >= 0.3 is 14.4 Å². The first kappa shape index (κ1) is 26.4. The molecule has 5 nitrogen and oxygen atoms in total. The maximum absolute atomic E-state index is 13.0. The molecule has 168 valence electrons. The van der Waals surface area contributed by atoms with Crippen molar-refractivity contribution in [2.75, 3.05) is 13.2 Å². The Bertz CT molecular complexity index is 826. The minimum Gasteiger partial charge on any atom is -0.409 e. The molecule has 0 amide bonds. The van der Waals surface area contributed by atoms with Crippen molar-refractivity contribution < 1.29 is 32.1 Å². The summed E-state index contributed by atoms with van der Waals surface area (Å²) in [6, 6.07) is 8.97. The molecule has 1 heterocycles. The summed E-state index contributed by atoms with van der Waals surface area (Å²) < 4.78 is 53.9. The Morgan fingerprint density at radius 3 is 2.00 bits per heavy atom. The van der Waals surface area contributed by atoms with E-state index in [0.717, 1.165) is 20.1 Å². The molecule has 0 saturated carbocycles. The summed E-state index contributed by atoms with van der Waals surface area (Å²) in [5, 5.41) is 0. The Hall–Kier alpha value is -0.810. The number of halogens is 4. The summed E-state index contributed by atoms with van der Waals surface area (Å²) in [5.74, 6) is -0.552. The standard InChI is InChI=1S/C11H15BBrFO2.C9H9BBrFO3/c1-8(2)16-12(3)15-7-9-6-10(14)4-5-11(9)13;11-9-2-1-8(12)5-7(9)6-15-10-13-3-4-14-10/h4-6,8H,7H2,1-3H3;1-2,5H,3-4,6H2. The lowest BCUT2D eigenvalue weighted by Crippen LogP contribution is -2.22. The summed E-state index contributed by atoms with van der Waals surface area (Å²) in [5.41, 5.74) is 1.51. The third-order valence-electron chi connectivity index (χ3n) is 3.92. The van der Waals surface area contributed by atoms with Gasteiger partial charge in [0.25, 0.3) is 0 Å². The van der Waals surface area contributed by atoms with Crippen LogP contribution in [0.2, 0.25) is 6.82 Å². The summed E-state index contributed by atoms with van der Waals surface area (Å²) in [7, 11) is -0.921. The average Bonchev–Trinajstić information content (AvgIpc) is 3.23. The van der Waals surface area contributed by atoms with Gasteiger partial charge in [0, 0.05) is 15.0 Å². The summed E-state index contributed by atoms with van der Waals surface area (Å²) in [6.45, 7) is 7.36. The summed E-state index contributed by atoms with van der Waals surface area (Å²) >= 11 is 6.66. The number of hydrogen-bond donors (Lipinski definition) is 0. The maximum atomic E-state index is 13.0. The summed E-state index contributed by atoms with van der Waals surface area (Å²) in [6.07, 6.45) is 0.117. The molecule has 0 aliphatic carbocycles. The van der Waals surface area contributed by atoms with Gasteiger partial charge < -0.3 is 23.3 Å². The molecule has 11 heteroatoms. The first-order chi connectivity index (χ1) is 14.7. The molecule has 0 aromatic heterocycles. The van der Waals surface area contributed by atoms with Gasteiger partial charge in [0.15, 0.2) is 0 Å². The zero-order chi connectivity index (χ0) is 22.8. The fraction of sp³-hybridized carbons (Fsp3) is 0.400. The monoisotopic (exact) mass is 562 g/mol.